The molecule has 2 aromatic heterocycles. The van der Waals surface area contributed by atoms with Crippen LogP contribution < -0.4 is 16.0 Å². The first kappa shape index (κ1) is 18.6. The highest BCUT2D eigenvalue weighted by molar-refractivity contribution is 7.09. The first-order valence-electron chi connectivity index (χ1n) is 9.47. The predicted molar refractivity (Wildman–Crippen MR) is 109 cm³/mol. The first-order chi connectivity index (χ1) is 13.6. The average Bonchev–Trinajstić information content (AvgIpc) is 3.23. The van der Waals surface area contributed by atoms with Gasteiger partial charge in [-0.25, -0.2) is 4.68 Å². The molecule has 1 fully saturated rings. The Balaban J connectivity index is 1.35. The van der Waals surface area contributed by atoms with E-state index in [4.69, 9.17) is 0 Å². The van der Waals surface area contributed by atoms with Crippen LogP contribution in [-0.4, -0.2) is 46.8 Å². The topological polar surface area (TPSA) is 79.6 Å². The number of rotatable bonds is 5. The van der Waals surface area contributed by atoms with E-state index in [2.05, 4.69) is 22.6 Å². The third-order valence-electron chi connectivity index (χ3n) is 5.26. The van der Waals surface area contributed by atoms with Crippen LogP contribution in [0.1, 0.15) is 11.3 Å². The molecular weight excluding hydrogens is 376 g/mol. The van der Waals surface area contributed by atoms with Crippen LogP contribution in [0.2, 0.25) is 0 Å². The quantitative estimate of drug-likeness (QED) is 0.637. The highest BCUT2D eigenvalue weighted by Gasteiger charge is 2.24. The number of carbonyl (C=O) groups excluding carboxylic acids is 1. The van der Waals surface area contributed by atoms with Gasteiger partial charge in [-0.3, -0.25) is 19.5 Å². The SMILES string of the molecule is O=C(CCn1[nH]c(=O)c2ccccc2c1=O)N1CC[NH+](Cc2cccs2)CC1. The second-order valence-corrected chi connectivity index (χ2v) is 8.11. The summed E-state index contributed by atoms with van der Waals surface area (Å²) in [6, 6.07) is 10.9. The molecule has 1 amide bonds. The monoisotopic (exact) mass is 399 g/mol. The fourth-order valence-electron chi connectivity index (χ4n) is 3.68. The van der Waals surface area contributed by atoms with Crippen molar-refractivity contribution in [1.29, 1.82) is 0 Å². The second kappa shape index (κ2) is 8.12. The van der Waals surface area contributed by atoms with Gasteiger partial charge in [-0.05, 0) is 23.6 Å². The van der Waals surface area contributed by atoms with Crippen LogP contribution >= 0.6 is 11.3 Å². The molecule has 0 saturated carbocycles. The van der Waals surface area contributed by atoms with Crippen molar-refractivity contribution in [2.24, 2.45) is 0 Å². The molecule has 8 heteroatoms. The number of carbonyl (C=O) groups is 1. The Hall–Kier alpha value is -2.71. The number of amides is 1. The van der Waals surface area contributed by atoms with E-state index in [0.29, 0.717) is 10.8 Å². The van der Waals surface area contributed by atoms with E-state index in [-0.39, 0.29) is 30.0 Å². The van der Waals surface area contributed by atoms with Gasteiger partial charge in [0.1, 0.15) is 6.54 Å². The highest BCUT2D eigenvalue weighted by Crippen LogP contribution is 2.07. The molecule has 0 atom stereocenters. The van der Waals surface area contributed by atoms with E-state index in [1.165, 1.54) is 14.5 Å². The minimum absolute atomic E-state index is 0.0241. The molecule has 0 radical (unpaired) electrons. The van der Waals surface area contributed by atoms with Crippen molar-refractivity contribution in [3.05, 3.63) is 67.4 Å². The van der Waals surface area contributed by atoms with Crippen LogP contribution in [0.3, 0.4) is 0 Å². The van der Waals surface area contributed by atoms with E-state index in [9.17, 15) is 14.4 Å². The Kier molecular flexibility index (Phi) is 5.40. The smallest absolute Gasteiger partial charge is 0.273 e. The zero-order valence-electron chi connectivity index (χ0n) is 15.5. The second-order valence-electron chi connectivity index (χ2n) is 7.08. The lowest BCUT2D eigenvalue weighted by Crippen LogP contribution is -3.13. The molecule has 2 N–H and O–H groups in total. The Bertz CT molecular complexity index is 1080. The summed E-state index contributed by atoms with van der Waals surface area (Å²) >= 11 is 1.77. The van der Waals surface area contributed by atoms with Crippen LogP contribution in [0.15, 0.2) is 51.4 Å². The average molecular weight is 399 g/mol. The Morgan fingerprint density at radius 3 is 2.54 bits per heavy atom. The number of hydrogen-bond acceptors (Lipinski definition) is 4. The van der Waals surface area contributed by atoms with E-state index in [0.717, 1.165) is 32.7 Å². The van der Waals surface area contributed by atoms with E-state index in [1.54, 1.807) is 35.6 Å². The number of aryl methyl sites for hydroxylation is 1. The Morgan fingerprint density at radius 2 is 1.82 bits per heavy atom. The molecular formula is C20H23N4O3S+. The van der Waals surface area contributed by atoms with Crippen LogP contribution in [-0.2, 0) is 17.9 Å². The van der Waals surface area contributed by atoms with Gasteiger partial charge >= 0.3 is 0 Å². The fourth-order valence-corrected chi connectivity index (χ4v) is 4.45. The lowest BCUT2D eigenvalue weighted by molar-refractivity contribution is -0.917. The van der Waals surface area contributed by atoms with Gasteiger partial charge in [0.2, 0.25) is 5.91 Å². The molecule has 1 aliphatic rings. The summed E-state index contributed by atoms with van der Waals surface area (Å²) in [6.45, 7) is 4.49. The molecule has 1 aromatic carbocycles. The largest absolute Gasteiger partial charge is 0.331 e. The van der Waals surface area contributed by atoms with Gasteiger partial charge < -0.3 is 9.80 Å². The number of aromatic amines is 1. The summed E-state index contributed by atoms with van der Waals surface area (Å²) in [5.74, 6) is 0.0241. The van der Waals surface area contributed by atoms with Gasteiger partial charge in [0.05, 0.1) is 48.4 Å². The summed E-state index contributed by atoms with van der Waals surface area (Å²) in [6.07, 6.45) is 0.203. The van der Waals surface area contributed by atoms with E-state index in [1.807, 2.05) is 4.90 Å². The van der Waals surface area contributed by atoms with E-state index >= 15 is 0 Å². The van der Waals surface area contributed by atoms with Gasteiger partial charge in [-0.15, -0.1) is 11.3 Å². The number of aromatic nitrogens is 2. The molecule has 3 heterocycles. The minimum atomic E-state index is -0.312. The number of thiophene rings is 1. The molecule has 3 aromatic rings. The summed E-state index contributed by atoms with van der Waals surface area (Å²) in [5, 5.41) is 5.43. The van der Waals surface area contributed by atoms with Crippen LogP contribution in [0.4, 0.5) is 0 Å². The van der Waals surface area contributed by atoms with Crippen LogP contribution in [0.25, 0.3) is 10.8 Å². The minimum Gasteiger partial charge on any atom is -0.331 e. The molecule has 0 unspecified atom stereocenters. The maximum atomic E-state index is 12.6. The molecule has 0 bridgehead atoms. The normalized spacial score (nSPS) is 15.2. The van der Waals surface area contributed by atoms with Crippen LogP contribution in [0, 0.1) is 0 Å². The third-order valence-corrected chi connectivity index (χ3v) is 6.14. The van der Waals surface area contributed by atoms with Crippen molar-refractivity contribution in [1.82, 2.24) is 14.7 Å². The van der Waals surface area contributed by atoms with Gasteiger partial charge in [0, 0.05) is 6.42 Å². The van der Waals surface area contributed by atoms with Crippen molar-refractivity contribution in [3.63, 3.8) is 0 Å². The summed E-state index contributed by atoms with van der Waals surface area (Å²) in [7, 11) is 0. The molecule has 1 aliphatic heterocycles. The number of H-pyrrole nitrogens is 1. The fraction of sp³-hybridized carbons (Fsp3) is 0.350. The Morgan fingerprint density at radius 1 is 1.07 bits per heavy atom. The maximum Gasteiger partial charge on any atom is 0.273 e. The molecule has 7 nitrogen and oxygen atoms in total. The molecule has 28 heavy (non-hydrogen) atoms. The summed E-state index contributed by atoms with van der Waals surface area (Å²) in [4.78, 5) is 42.0. The van der Waals surface area contributed by atoms with Gasteiger partial charge in [0.15, 0.2) is 0 Å². The number of nitrogens with zero attached hydrogens (tertiary/aromatic N) is 2. The zero-order chi connectivity index (χ0) is 19.5. The number of benzene rings is 1. The van der Waals surface area contributed by atoms with Gasteiger partial charge in [0.25, 0.3) is 11.1 Å². The molecule has 0 spiro atoms. The number of fused-ring (bicyclic) bond motifs is 1. The predicted octanol–water partition coefficient (Wildman–Crippen LogP) is 0.0687. The number of nitrogens with one attached hydrogen (secondary N) is 2. The van der Waals surface area contributed by atoms with Gasteiger partial charge in [-0.1, -0.05) is 18.2 Å². The lowest BCUT2D eigenvalue weighted by Gasteiger charge is -2.32. The van der Waals surface area contributed by atoms with Gasteiger partial charge in [-0.2, -0.15) is 0 Å². The number of hydrogen-bond donors (Lipinski definition) is 2. The number of piperazine rings is 1. The first-order valence-corrected chi connectivity index (χ1v) is 10.4. The molecule has 4 rings (SSSR count). The van der Waals surface area contributed by atoms with Crippen molar-refractivity contribution in [2.75, 3.05) is 26.2 Å². The third kappa shape index (κ3) is 3.93. The highest BCUT2D eigenvalue weighted by atomic mass is 32.1. The van der Waals surface area contributed by atoms with Crippen molar-refractivity contribution in [3.8, 4) is 0 Å². The van der Waals surface area contributed by atoms with Crippen molar-refractivity contribution >= 4 is 28.0 Å². The zero-order valence-corrected chi connectivity index (χ0v) is 16.3. The summed E-state index contributed by atoms with van der Waals surface area (Å²) in [5.41, 5.74) is -0.582. The Labute approximate surface area is 165 Å². The molecule has 146 valence electrons. The van der Waals surface area contributed by atoms with E-state index < -0.39 is 0 Å². The van der Waals surface area contributed by atoms with Crippen molar-refractivity contribution < 1.29 is 9.69 Å². The number of quaternary nitrogens is 1. The van der Waals surface area contributed by atoms with Crippen LogP contribution in [0.5, 0.6) is 0 Å². The molecule has 0 aliphatic carbocycles. The maximum absolute atomic E-state index is 12.6. The lowest BCUT2D eigenvalue weighted by atomic mass is 10.2. The van der Waals surface area contributed by atoms with Crippen molar-refractivity contribution in [2.45, 2.75) is 19.5 Å². The molecule has 1 saturated heterocycles. The summed E-state index contributed by atoms with van der Waals surface area (Å²) < 4.78 is 1.25. The standard InChI is InChI=1S/C20H22N4O3S/c25-18(23-11-9-22(10-12-23)14-15-4-3-13-28-15)7-8-24-20(27)17-6-2-1-5-16(17)19(26)21-24/h1-6,13H,7-12,14H2,(H,21,26)/p+1.